The third-order valence-corrected chi connectivity index (χ3v) is 4.62. The monoisotopic (exact) mass is 407 g/mol. The predicted molar refractivity (Wildman–Crippen MR) is 107 cm³/mol. The van der Waals surface area contributed by atoms with Gasteiger partial charge in [0.1, 0.15) is 11.8 Å². The van der Waals surface area contributed by atoms with Crippen molar-refractivity contribution in [2.24, 2.45) is 0 Å². The molecule has 0 unspecified atom stereocenters. The Hall–Kier alpha value is -2.68. The minimum atomic E-state index is -0.813. The van der Waals surface area contributed by atoms with E-state index in [0.29, 0.717) is 31.0 Å². The van der Waals surface area contributed by atoms with Crippen LogP contribution in [0, 0.1) is 0 Å². The molecule has 0 saturated carbocycles. The summed E-state index contributed by atoms with van der Waals surface area (Å²) in [5.74, 6) is -0.555. The Morgan fingerprint density at radius 1 is 1.32 bits per heavy atom. The lowest BCUT2D eigenvalue weighted by Crippen LogP contribution is -2.60. The summed E-state index contributed by atoms with van der Waals surface area (Å²) in [5.41, 5.74) is 0.403. The van der Waals surface area contributed by atoms with Crippen LogP contribution < -0.4 is 15.4 Å². The minimum absolute atomic E-state index is 0.0991. The van der Waals surface area contributed by atoms with Gasteiger partial charge in [0.15, 0.2) is 5.11 Å². The maximum absolute atomic E-state index is 12.4. The standard InChI is InChI=1S/C19H25N3O5S/c1-3-4-11-27-16(23)12-15-18(25)20-9-10-22(15)19(28)21-17(24)13-5-7-14(26-2)8-6-13/h5-8,15H,3-4,9-12H2,1-2H3,(H,20,25)(H,21,24,28)/t15-/m1/s1. The molecule has 1 saturated heterocycles. The molecule has 9 heteroatoms. The first kappa shape index (κ1) is 21.6. The van der Waals surface area contributed by atoms with Crippen molar-refractivity contribution in [1.29, 1.82) is 0 Å². The molecular weight excluding hydrogens is 382 g/mol. The molecule has 1 fully saturated rings. The number of benzene rings is 1. The number of nitrogens with one attached hydrogen (secondary N) is 2. The van der Waals surface area contributed by atoms with E-state index in [9.17, 15) is 14.4 Å². The van der Waals surface area contributed by atoms with Crippen LogP contribution in [0.15, 0.2) is 24.3 Å². The molecule has 1 aliphatic heterocycles. The summed E-state index contributed by atoms with van der Waals surface area (Å²) >= 11 is 5.33. The van der Waals surface area contributed by atoms with Crippen molar-refractivity contribution in [3.63, 3.8) is 0 Å². The first-order chi connectivity index (χ1) is 13.5. The molecule has 0 bridgehead atoms. The Bertz CT molecular complexity index is 723. The highest BCUT2D eigenvalue weighted by Gasteiger charge is 2.34. The number of thiocarbonyl (C=S) groups is 1. The fraction of sp³-hybridized carbons (Fsp3) is 0.474. The number of hydrogen-bond acceptors (Lipinski definition) is 6. The maximum Gasteiger partial charge on any atom is 0.308 e. The quantitative estimate of drug-likeness (QED) is 0.399. The smallest absolute Gasteiger partial charge is 0.308 e. The van der Waals surface area contributed by atoms with Gasteiger partial charge < -0.3 is 19.7 Å². The number of ether oxygens (including phenoxy) is 2. The molecule has 152 valence electrons. The Labute approximate surface area is 169 Å². The maximum atomic E-state index is 12.4. The number of methoxy groups -OCH3 is 1. The van der Waals surface area contributed by atoms with Gasteiger partial charge in [0.25, 0.3) is 5.91 Å². The highest BCUT2D eigenvalue weighted by Crippen LogP contribution is 2.13. The molecule has 0 aliphatic carbocycles. The molecule has 0 spiro atoms. The molecular formula is C19H25N3O5S. The van der Waals surface area contributed by atoms with Gasteiger partial charge in [-0.1, -0.05) is 13.3 Å². The second-order valence-corrected chi connectivity index (χ2v) is 6.65. The largest absolute Gasteiger partial charge is 0.497 e. The number of esters is 1. The van der Waals surface area contributed by atoms with Gasteiger partial charge in [-0.2, -0.15) is 0 Å². The van der Waals surface area contributed by atoms with Gasteiger partial charge in [-0.05, 0) is 42.9 Å². The summed E-state index contributed by atoms with van der Waals surface area (Å²) in [5, 5.41) is 5.44. The Balaban J connectivity index is 2.00. The van der Waals surface area contributed by atoms with Crippen molar-refractivity contribution in [2.45, 2.75) is 32.2 Å². The van der Waals surface area contributed by atoms with Crippen LogP contribution in [-0.4, -0.2) is 60.6 Å². The third-order valence-electron chi connectivity index (χ3n) is 4.29. The van der Waals surface area contributed by atoms with Crippen molar-refractivity contribution in [3.05, 3.63) is 29.8 Å². The first-order valence-corrected chi connectivity index (χ1v) is 9.56. The molecule has 1 heterocycles. The SMILES string of the molecule is CCCCOC(=O)C[C@@H]1C(=O)NCCN1C(=S)NC(=O)c1ccc(OC)cc1. The molecule has 0 radical (unpaired) electrons. The highest BCUT2D eigenvalue weighted by atomic mass is 32.1. The summed E-state index contributed by atoms with van der Waals surface area (Å²) in [6.07, 6.45) is 1.54. The average molecular weight is 407 g/mol. The van der Waals surface area contributed by atoms with Gasteiger partial charge in [-0.25, -0.2) is 0 Å². The summed E-state index contributed by atoms with van der Waals surface area (Å²) in [7, 11) is 1.54. The van der Waals surface area contributed by atoms with Gasteiger partial charge in [0, 0.05) is 18.7 Å². The fourth-order valence-electron chi connectivity index (χ4n) is 2.69. The molecule has 8 nitrogen and oxygen atoms in total. The number of nitrogens with zero attached hydrogens (tertiary/aromatic N) is 1. The van der Waals surface area contributed by atoms with Crippen LogP contribution in [0.3, 0.4) is 0 Å². The van der Waals surface area contributed by atoms with Crippen molar-refractivity contribution in [3.8, 4) is 5.75 Å². The summed E-state index contributed by atoms with van der Waals surface area (Å²) in [6.45, 7) is 3.08. The summed E-state index contributed by atoms with van der Waals surface area (Å²) < 4.78 is 10.2. The van der Waals surface area contributed by atoms with Gasteiger partial charge in [-0.15, -0.1) is 0 Å². The summed E-state index contributed by atoms with van der Waals surface area (Å²) in [4.78, 5) is 38.3. The van der Waals surface area contributed by atoms with Crippen LogP contribution in [0.1, 0.15) is 36.5 Å². The van der Waals surface area contributed by atoms with E-state index in [0.717, 1.165) is 12.8 Å². The molecule has 1 aromatic rings. The first-order valence-electron chi connectivity index (χ1n) is 9.15. The van der Waals surface area contributed by atoms with E-state index in [1.165, 1.54) is 0 Å². The minimum Gasteiger partial charge on any atom is -0.497 e. The molecule has 1 aromatic carbocycles. The lowest BCUT2D eigenvalue weighted by atomic mass is 10.1. The topological polar surface area (TPSA) is 97.0 Å². The zero-order valence-corrected chi connectivity index (χ0v) is 16.8. The van der Waals surface area contributed by atoms with E-state index >= 15 is 0 Å². The molecule has 1 aliphatic rings. The number of hydrogen-bond donors (Lipinski definition) is 2. The second kappa shape index (κ2) is 10.6. The summed E-state index contributed by atoms with van der Waals surface area (Å²) in [6, 6.07) is 5.75. The molecule has 2 rings (SSSR count). The average Bonchev–Trinajstić information content (AvgIpc) is 2.69. The molecule has 2 amide bonds. The van der Waals surface area contributed by atoms with Crippen molar-refractivity contribution < 1.29 is 23.9 Å². The fourth-order valence-corrected chi connectivity index (χ4v) is 3.00. The van der Waals surface area contributed by atoms with Gasteiger partial charge in [0.2, 0.25) is 5.91 Å². The van der Waals surface area contributed by atoms with Crippen LogP contribution in [0.2, 0.25) is 0 Å². The number of carbonyl (C=O) groups is 3. The predicted octanol–water partition coefficient (Wildman–Crippen LogP) is 1.24. The number of unbranched alkanes of at least 4 members (excludes halogenated alkanes) is 1. The van der Waals surface area contributed by atoms with Crippen LogP contribution in [0.4, 0.5) is 0 Å². The van der Waals surface area contributed by atoms with Gasteiger partial charge in [0.05, 0.1) is 20.1 Å². The van der Waals surface area contributed by atoms with E-state index in [1.54, 1.807) is 36.3 Å². The second-order valence-electron chi connectivity index (χ2n) is 6.27. The van der Waals surface area contributed by atoms with Crippen molar-refractivity contribution >= 4 is 35.1 Å². The molecule has 0 aromatic heterocycles. The van der Waals surface area contributed by atoms with E-state index in [1.807, 2.05) is 6.92 Å². The normalized spacial score (nSPS) is 16.1. The Kier molecular flexibility index (Phi) is 8.19. The third kappa shape index (κ3) is 5.91. The van der Waals surface area contributed by atoms with Crippen molar-refractivity contribution in [2.75, 3.05) is 26.8 Å². The lowest BCUT2D eigenvalue weighted by molar-refractivity contribution is -0.147. The zero-order valence-electron chi connectivity index (χ0n) is 16.0. The van der Waals surface area contributed by atoms with Crippen LogP contribution >= 0.6 is 12.2 Å². The Morgan fingerprint density at radius 3 is 2.68 bits per heavy atom. The number of carbonyl (C=O) groups excluding carboxylic acids is 3. The zero-order chi connectivity index (χ0) is 20.5. The Morgan fingerprint density at radius 2 is 2.04 bits per heavy atom. The van der Waals surface area contributed by atoms with Gasteiger partial charge >= 0.3 is 5.97 Å². The van der Waals surface area contributed by atoms with Crippen LogP contribution in [0.5, 0.6) is 5.75 Å². The van der Waals surface area contributed by atoms with Crippen LogP contribution in [0.25, 0.3) is 0 Å². The number of rotatable bonds is 7. The lowest BCUT2D eigenvalue weighted by Gasteiger charge is -2.36. The molecule has 2 N–H and O–H groups in total. The number of amides is 2. The molecule has 1 atom stereocenters. The van der Waals surface area contributed by atoms with Crippen molar-refractivity contribution in [1.82, 2.24) is 15.5 Å². The van der Waals surface area contributed by atoms with Gasteiger partial charge in [-0.3, -0.25) is 19.7 Å². The molecule has 28 heavy (non-hydrogen) atoms. The van der Waals surface area contributed by atoms with Crippen LogP contribution in [-0.2, 0) is 14.3 Å². The van der Waals surface area contributed by atoms with E-state index < -0.39 is 17.9 Å². The van der Waals surface area contributed by atoms with E-state index in [4.69, 9.17) is 21.7 Å². The van der Waals surface area contributed by atoms with E-state index in [-0.39, 0.29) is 17.4 Å². The highest BCUT2D eigenvalue weighted by molar-refractivity contribution is 7.80. The van der Waals surface area contributed by atoms with E-state index in [2.05, 4.69) is 10.6 Å². The number of piperazine rings is 1.